The highest BCUT2D eigenvalue weighted by atomic mass is 32.2. The number of esters is 2. The minimum absolute atomic E-state index is 0.0583. The Morgan fingerprint density at radius 3 is 2.16 bits per heavy atom. The van der Waals surface area contributed by atoms with Gasteiger partial charge >= 0.3 is 11.9 Å². The van der Waals surface area contributed by atoms with Crippen LogP contribution in [0.5, 0.6) is 0 Å². The van der Waals surface area contributed by atoms with Gasteiger partial charge in [-0.2, -0.15) is 4.31 Å². The molecule has 0 heterocycles. The zero-order valence-corrected chi connectivity index (χ0v) is 17.5. The van der Waals surface area contributed by atoms with Crippen LogP contribution in [0, 0.1) is 0 Å². The second kappa shape index (κ2) is 9.88. The fourth-order valence-electron chi connectivity index (χ4n) is 1.98. The van der Waals surface area contributed by atoms with E-state index in [9.17, 15) is 18.0 Å². The van der Waals surface area contributed by atoms with E-state index in [1.54, 1.807) is 0 Å². The highest BCUT2D eigenvalue weighted by Crippen LogP contribution is 2.19. The number of nitrogens with zero attached hydrogens (tertiary/aromatic N) is 1. The topological polar surface area (TPSA) is 90.0 Å². The van der Waals surface area contributed by atoms with Crippen molar-refractivity contribution in [3.8, 4) is 0 Å². The molecule has 0 aliphatic carbocycles. The van der Waals surface area contributed by atoms with Gasteiger partial charge in [0.05, 0.1) is 20.0 Å². The third-order valence-electron chi connectivity index (χ3n) is 3.50. The van der Waals surface area contributed by atoms with E-state index in [1.807, 2.05) is 0 Å². The molecule has 9 heteroatoms. The molecule has 0 saturated heterocycles. The van der Waals surface area contributed by atoms with Gasteiger partial charge in [0.25, 0.3) is 0 Å². The van der Waals surface area contributed by atoms with Gasteiger partial charge in [-0.15, -0.1) is 6.58 Å². The summed E-state index contributed by atoms with van der Waals surface area (Å²) in [5, 5.41) is 0. The van der Waals surface area contributed by atoms with Crippen LogP contribution in [0.3, 0.4) is 0 Å². The molecule has 0 spiro atoms. The largest absolute Gasteiger partial charge is 0.468 e. The number of hydrogen-bond acceptors (Lipinski definition) is 6. The second-order valence-corrected chi connectivity index (χ2v) is 14.5. The Labute approximate surface area is 151 Å². The lowest BCUT2D eigenvalue weighted by Crippen LogP contribution is -2.48. The van der Waals surface area contributed by atoms with Crippen molar-refractivity contribution in [2.75, 3.05) is 26.5 Å². The first-order valence-corrected chi connectivity index (χ1v) is 13.2. The summed E-state index contributed by atoms with van der Waals surface area (Å²) in [6, 6.07) is -0.575. The molecular formula is C16H29NO6SSi. The van der Waals surface area contributed by atoms with Crippen LogP contribution in [-0.2, 0) is 29.1 Å². The molecule has 0 rings (SSSR count). The van der Waals surface area contributed by atoms with Crippen LogP contribution in [0.15, 0.2) is 24.8 Å². The van der Waals surface area contributed by atoms with Crippen LogP contribution in [-0.4, -0.2) is 65.3 Å². The molecule has 0 N–H and O–H groups in total. The van der Waals surface area contributed by atoms with E-state index in [1.165, 1.54) is 20.3 Å². The van der Waals surface area contributed by atoms with Crippen molar-refractivity contribution in [1.29, 1.82) is 0 Å². The van der Waals surface area contributed by atoms with Crippen LogP contribution in [0.1, 0.15) is 6.42 Å². The number of hydrogen-bond donors (Lipinski definition) is 0. The summed E-state index contributed by atoms with van der Waals surface area (Å²) in [5.74, 6) is -1.55. The molecule has 0 aromatic heterocycles. The van der Waals surface area contributed by atoms with E-state index < -0.39 is 36.1 Å². The molecule has 0 aromatic carbocycles. The van der Waals surface area contributed by atoms with Crippen molar-refractivity contribution in [1.82, 2.24) is 4.31 Å². The van der Waals surface area contributed by atoms with Gasteiger partial charge in [-0.1, -0.05) is 32.3 Å². The average Bonchev–Trinajstić information content (AvgIpc) is 2.53. The number of carbonyl (C=O) groups excluding carboxylic acids is 2. The van der Waals surface area contributed by atoms with Crippen LogP contribution in [0.2, 0.25) is 25.7 Å². The minimum atomic E-state index is -3.82. The van der Waals surface area contributed by atoms with E-state index in [4.69, 9.17) is 4.74 Å². The van der Waals surface area contributed by atoms with Gasteiger partial charge in [0.15, 0.2) is 0 Å². The molecule has 0 aliphatic rings. The molecule has 0 aromatic rings. The summed E-state index contributed by atoms with van der Waals surface area (Å²) in [5.41, 5.74) is -0.0583. The van der Waals surface area contributed by atoms with Crippen LogP contribution < -0.4 is 0 Å². The molecule has 1 unspecified atom stereocenters. The van der Waals surface area contributed by atoms with E-state index >= 15 is 0 Å². The molecular weight excluding hydrogens is 362 g/mol. The van der Waals surface area contributed by atoms with Crippen molar-refractivity contribution in [2.45, 2.75) is 38.1 Å². The summed E-state index contributed by atoms with van der Waals surface area (Å²) < 4.78 is 36.0. The first-order valence-electron chi connectivity index (χ1n) is 7.84. The Kier molecular flexibility index (Phi) is 9.31. The molecule has 0 bridgehead atoms. The first-order chi connectivity index (χ1) is 11.4. The quantitative estimate of drug-likeness (QED) is 0.231. The van der Waals surface area contributed by atoms with Crippen LogP contribution in [0.25, 0.3) is 0 Å². The molecule has 0 aliphatic heterocycles. The van der Waals surface area contributed by atoms with Gasteiger partial charge in [-0.3, -0.25) is 4.79 Å². The maximum atomic E-state index is 12.9. The number of carbonyl (C=O) groups is 2. The van der Waals surface area contributed by atoms with Crippen molar-refractivity contribution >= 4 is 30.0 Å². The standard InChI is InChI=1S/C16H29NO6SSi/c1-8-9-14(16(19)23-4)17(12-13(2)15(18)22-3)24(20,21)10-11-25(5,6)7/h8,14H,1-2,9-12H2,3-7H3. The normalized spacial score (nSPS) is 13.2. The van der Waals surface area contributed by atoms with E-state index in [-0.39, 0.29) is 24.3 Å². The number of methoxy groups -OCH3 is 2. The Morgan fingerprint density at radius 2 is 1.76 bits per heavy atom. The Bertz CT molecular complexity index is 609. The predicted molar refractivity (Wildman–Crippen MR) is 100 cm³/mol. The molecule has 1 atom stereocenters. The summed E-state index contributed by atoms with van der Waals surface area (Å²) in [7, 11) is -3.08. The highest BCUT2D eigenvalue weighted by Gasteiger charge is 2.36. The van der Waals surface area contributed by atoms with E-state index in [2.05, 4.69) is 37.5 Å². The molecule has 0 amide bonds. The lowest BCUT2D eigenvalue weighted by atomic mass is 10.2. The van der Waals surface area contributed by atoms with E-state index in [0.717, 1.165) is 4.31 Å². The Hall–Kier alpha value is -1.45. The second-order valence-electron chi connectivity index (χ2n) is 6.83. The SMILES string of the molecule is C=CCC(C(=O)OC)N(CC(=C)C(=O)OC)S(=O)(=O)CC[Si](C)(C)C. The monoisotopic (exact) mass is 391 g/mol. The summed E-state index contributed by atoms with van der Waals surface area (Å²) in [6.07, 6.45) is 1.50. The maximum absolute atomic E-state index is 12.9. The molecule has 144 valence electrons. The van der Waals surface area contributed by atoms with Gasteiger partial charge in [0, 0.05) is 20.2 Å². The molecule has 0 saturated carbocycles. The van der Waals surface area contributed by atoms with Gasteiger partial charge < -0.3 is 9.47 Å². The maximum Gasteiger partial charge on any atom is 0.334 e. The van der Waals surface area contributed by atoms with Crippen molar-refractivity contribution in [2.24, 2.45) is 0 Å². The lowest BCUT2D eigenvalue weighted by Gasteiger charge is -2.29. The Balaban J connectivity index is 5.77. The van der Waals surface area contributed by atoms with Gasteiger partial charge in [-0.05, 0) is 12.5 Å². The highest BCUT2D eigenvalue weighted by molar-refractivity contribution is 7.89. The van der Waals surface area contributed by atoms with Gasteiger partial charge in [-0.25, -0.2) is 13.2 Å². The Morgan fingerprint density at radius 1 is 1.20 bits per heavy atom. The number of ether oxygens (including phenoxy) is 2. The van der Waals surface area contributed by atoms with Crippen molar-refractivity contribution in [3.63, 3.8) is 0 Å². The smallest absolute Gasteiger partial charge is 0.334 e. The van der Waals surface area contributed by atoms with Gasteiger partial charge in [0.2, 0.25) is 10.0 Å². The summed E-state index contributed by atoms with van der Waals surface area (Å²) >= 11 is 0. The third-order valence-corrected chi connectivity index (χ3v) is 7.43. The molecule has 7 nitrogen and oxygen atoms in total. The summed E-state index contributed by atoms with van der Waals surface area (Å²) in [4.78, 5) is 23.7. The van der Waals surface area contributed by atoms with Crippen molar-refractivity contribution < 1.29 is 27.5 Å². The lowest BCUT2D eigenvalue weighted by molar-refractivity contribution is -0.145. The van der Waals surface area contributed by atoms with E-state index in [0.29, 0.717) is 6.04 Å². The summed E-state index contributed by atoms with van der Waals surface area (Å²) in [6.45, 7) is 13.0. The average molecular weight is 392 g/mol. The molecule has 25 heavy (non-hydrogen) atoms. The molecule has 0 radical (unpaired) electrons. The number of rotatable bonds is 11. The molecule has 0 fully saturated rings. The fraction of sp³-hybridized carbons (Fsp3) is 0.625. The zero-order chi connectivity index (χ0) is 19.8. The van der Waals surface area contributed by atoms with Gasteiger partial charge in [0.1, 0.15) is 6.04 Å². The van der Waals surface area contributed by atoms with Crippen LogP contribution in [0.4, 0.5) is 0 Å². The predicted octanol–water partition coefficient (Wildman–Crippen LogP) is 1.80. The van der Waals surface area contributed by atoms with Crippen molar-refractivity contribution in [3.05, 3.63) is 24.8 Å². The number of sulfonamides is 1. The minimum Gasteiger partial charge on any atom is -0.468 e. The zero-order valence-electron chi connectivity index (χ0n) is 15.7. The first kappa shape index (κ1) is 23.5. The third kappa shape index (κ3) is 7.98. The fourth-order valence-corrected chi connectivity index (χ4v) is 6.61. The van der Waals surface area contributed by atoms with Crippen LogP contribution >= 0.6 is 0 Å².